The van der Waals surface area contributed by atoms with Crippen LogP contribution in [0.5, 0.6) is 11.5 Å². The molecule has 0 fully saturated rings. The molecule has 1 N–H and O–H groups in total. The fourth-order valence-corrected chi connectivity index (χ4v) is 7.99. The zero-order valence-electron chi connectivity index (χ0n) is 33.3. The summed E-state index contributed by atoms with van der Waals surface area (Å²) in [7, 11) is 1.59. The molecule has 0 aliphatic carbocycles. The van der Waals surface area contributed by atoms with Crippen LogP contribution in [0.15, 0.2) is 152 Å². The number of carbonyl (C=O) groups excluding carboxylic acids is 3. The van der Waals surface area contributed by atoms with Crippen LogP contribution in [0.1, 0.15) is 52.9 Å². The number of benzene rings is 6. The molecule has 6 aromatic carbocycles. The fourth-order valence-electron chi connectivity index (χ4n) is 7.99. The van der Waals surface area contributed by atoms with Gasteiger partial charge in [-0.05, 0) is 75.5 Å². The second kappa shape index (κ2) is 18.7. The first-order valence-electron chi connectivity index (χ1n) is 19.8. The lowest BCUT2D eigenvalue weighted by atomic mass is 9.93. The molecule has 1 aliphatic rings. The Morgan fingerprint density at radius 1 is 0.831 bits per heavy atom. The summed E-state index contributed by atoms with van der Waals surface area (Å²) < 4.78 is 17.6. The molecule has 1 heterocycles. The highest BCUT2D eigenvalue weighted by molar-refractivity contribution is 6.00. The highest BCUT2D eigenvalue weighted by atomic mass is 16.5. The van der Waals surface area contributed by atoms with Crippen LogP contribution in [0.3, 0.4) is 0 Å². The minimum atomic E-state index is -0.885. The van der Waals surface area contributed by atoms with E-state index in [1.165, 1.54) is 6.92 Å². The first kappa shape index (κ1) is 40.5. The van der Waals surface area contributed by atoms with E-state index in [1.54, 1.807) is 29.1 Å². The van der Waals surface area contributed by atoms with E-state index in [9.17, 15) is 14.7 Å². The topological polar surface area (TPSA) is 106 Å². The van der Waals surface area contributed by atoms with Crippen molar-refractivity contribution in [3.8, 4) is 22.6 Å². The van der Waals surface area contributed by atoms with Crippen molar-refractivity contribution in [3.63, 3.8) is 0 Å². The van der Waals surface area contributed by atoms with E-state index in [1.807, 2.05) is 133 Å². The van der Waals surface area contributed by atoms with E-state index in [0.717, 1.165) is 33.0 Å². The van der Waals surface area contributed by atoms with Gasteiger partial charge in [0.25, 0.3) is 5.91 Å². The van der Waals surface area contributed by atoms with Gasteiger partial charge in [-0.2, -0.15) is 0 Å². The zero-order chi connectivity index (χ0) is 41.3. The summed E-state index contributed by atoms with van der Waals surface area (Å²) in [4.78, 5) is 46.8. The maximum Gasteiger partial charge on any atom is 0.302 e. The Hall–Kier alpha value is -6.71. The van der Waals surface area contributed by atoms with Gasteiger partial charge in [-0.15, -0.1) is 6.58 Å². The molecular formula is C50H48N2O7. The van der Waals surface area contributed by atoms with E-state index in [-0.39, 0.29) is 44.4 Å². The standard InChI is InChI=1S/C50H48N2O7/c1-4-12-46(59-34(2)54)49-48(44-32-42(58-30-11-29-53)27-28-45(44)52(49)47(55)31-35-19-25-41(57-3)26-20-35)51(33-40-17-10-16-38-15-8-9-18-43(38)40)50(56)39-23-21-37(22-24-39)36-13-6-5-7-14-36/h4-10,13-28,32,46,48-49,53H,1,11-12,29-31,33H2,2-3H3/t46?,48-,49+/m0/s1. The molecule has 0 radical (unpaired) electrons. The van der Waals surface area contributed by atoms with Crippen LogP contribution < -0.4 is 14.4 Å². The molecule has 6 aromatic rings. The van der Waals surface area contributed by atoms with Crippen LogP contribution in [0.25, 0.3) is 21.9 Å². The van der Waals surface area contributed by atoms with Crippen molar-refractivity contribution in [1.82, 2.24) is 4.90 Å². The van der Waals surface area contributed by atoms with Crippen molar-refractivity contribution in [2.45, 2.75) is 50.9 Å². The number of carbonyl (C=O) groups is 3. The second-order valence-corrected chi connectivity index (χ2v) is 14.6. The highest BCUT2D eigenvalue weighted by Gasteiger charge is 2.50. The van der Waals surface area contributed by atoms with Gasteiger partial charge in [0.1, 0.15) is 17.6 Å². The minimum Gasteiger partial charge on any atom is -0.497 e. The average Bonchev–Trinajstić information content (AvgIpc) is 3.60. The van der Waals surface area contributed by atoms with Gasteiger partial charge in [0.2, 0.25) is 5.91 Å². The number of methoxy groups -OCH3 is 1. The number of rotatable bonds is 16. The SMILES string of the molecule is C=CCC(OC(C)=O)[C@@H]1[C@@H](N(Cc2cccc3ccccc23)C(=O)c2ccc(-c3ccccc3)cc2)c2cc(OCCCO)ccc2N1C(=O)Cc1ccc(OC)cc1. The van der Waals surface area contributed by atoms with Gasteiger partial charge in [-0.25, -0.2) is 0 Å². The van der Waals surface area contributed by atoms with Crippen molar-refractivity contribution >= 4 is 34.2 Å². The summed E-state index contributed by atoms with van der Waals surface area (Å²) in [5.74, 6) is 0.145. The van der Waals surface area contributed by atoms with Crippen LogP contribution >= 0.6 is 0 Å². The number of nitrogens with zero attached hydrogens (tertiary/aromatic N) is 2. The number of hydrogen-bond donors (Lipinski definition) is 1. The fraction of sp³-hybridized carbons (Fsp3) is 0.220. The summed E-state index contributed by atoms with van der Waals surface area (Å²) in [6.45, 7) is 5.74. The number of aliphatic hydroxyl groups is 1. The quantitative estimate of drug-likeness (QED) is 0.0593. The van der Waals surface area contributed by atoms with Crippen LogP contribution in [0.2, 0.25) is 0 Å². The molecule has 0 aromatic heterocycles. The Morgan fingerprint density at radius 2 is 1.53 bits per heavy atom. The Balaban J connectivity index is 1.42. The number of fused-ring (bicyclic) bond motifs is 2. The second-order valence-electron chi connectivity index (χ2n) is 14.6. The number of aliphatic hydroxyl groups excluding tert-OH is 1. The Bertz CT molecular complexity index is 2410. The van der Waals surface area contributed by atoms with Gasteiger partial charge < -0.3 is 29.1 Å². The van der Waals surface area contributed by atoms with Gasteiger partial charge >= 0.3 is 5.97 Å². The molecule has 3 atom stereocenters. The molecule has 2 amide bonds. The summed E-state index contributed by atoms with van der Waals surface area (Å²) >= 11 is 0. The maximum absolute atomic E-state index is 15.4. The van der Waals surface area contributed by atoms with Gasteiger partial charge in [-0.1, -0.05) is 103 Å². The summed E-state index contributed by atoms with van der Waals surface area (Å²) in [6, 6.07) is 42.7. The third-order valence-corrected chi connectivity index (χ3v) is 10.7. The van der Waals surface area contributed by atoms with Crippen molar-refractivity contribution in [3.05, 3.63) is 174 Å². The summed E-state index contributed by atoms with van der Waals surface area (Å²) in [5, 5.41) is 11.5. The van der Waals surface area contributed by atoms with Crippen molar-refractivity contribution in [2.24, 2.45) is 0 Å². The molecule has 0 bridgehead atoms. The molecule has 1 aliphatic heterocycles. The number of esters is 1. The third kappa shape index (κ3) is 9.06. The van der Waals surface area contributed by atoms with E-state index in [0.29, 0.717) is 34.7 Å². The molecule has 9 nitrogen and oxygen atoms in total. The lowest BCUT2D eigenvalue weighted by Gasteiger charge is -2.39. The van der Waals surface area contributed by atoms with Crippen LogP contribution in [-0.2, 0) is 27.3 Å². The van der Waals surface area contributed by atoms with Gasteiger partial charge in [-0.3, -0.25) is 14.4 Å². The Morgan fingerprint density at radius 3 is 2.24 bits per heavy atom. The van der Waals surface area contributed by atoms with Crippen molar-refractivity contribution in [2.75, 3.05) is 25.2 Å². The normalized spacial score (nSPS) is 14.9. The van der Waals surface area contributed by atoms with Crippen LogP contribution in [0, 0.1) is 0 Å². The average molecular weight is 789 g/mol. The minimum absolute atomic E-state index is 0.0283. The third-order valence-electron chi connectivity index (χ3n) is 10.7. The Kier molecular flexibility index (Phi) is 12.8. The first-order chi connectivity index (χ1) is 28.8. The van der Waals surface area contributed by atoms with Crippen LogP contribution in [0.4, 0.5) is 5.69 Å². The van der Waals surface area contributed by atoms with Gasteiger partial charge in [0, 0.05) is 49.7 Å². The van der Waals surface area contributed by atoms with E-state index in [2.05, 4.69) is 6.58 Å². The molecule has 0 saturated carbocycles. The molecule has 0 saturated heterocycles. The van der Waals surface area contributed by atoms with Crippen LogP contribution in [-0.4, -0.2) is 60.3 Å². The van der Waals surface area contributed by atoms with E-state index < -0.39 is 24.2 Å². The monoisotopic (exact) mass is 788 g/mol. The number of ether oxygens (including phenoxy) is 3. The smallest absolute Gasteiger partial charge is 0.302 e. The van der Waals surface area contributed by atoms with Gasteiger partial charge in [0.05, 0.1) is 32.2 Å². The molecule has 7 rings (SSSR count). The first-order valence-corrected chi connectivity index (χ1v) is 19.8. The van der Waals surface area contributed by atoms with Crippen molar-refractivity contribution in [1.29, 1.82) is 0 Å². The molecule has 59 heavy (non-hydrogen) atoms. The number of hydrogen-bond acceptors (Lipinski definition) is 7. The highest BCUT2D eigenvalue weighted by Crippen LogP contribution is 2.48. The number of anilines is 1. The van der Waals surface area contributed by atoms with E-state index in [4.69, 9.17) is 14.2 Å². The summed E-state index contributed by atoms with van der Waals surface area (Å²) in [6.07, 6.45) is 1.45. The largest absolute Gasteiger partial charge is 0.497 e. The maximum atomic E-state index is 15.4. The predicted octanol–water partition coefficient (Wildman–Crippen LogP) is 9.13. The van der Waals surface area contributed by atoms with E-state index >= 15 is 4.79 Å². The molecule has 1 unspecified atom stereocenters. The zero-order valence-corrected chi connectivity index (χ0v) is 33.3. The lowest BCUT2D eigenvalue weighted by molar-refractivity contribution is -0.148. The Labute approximate surface area is 345 Å². The van der Waals surface area contributed by atoms with Crippen molar-refractivity contribution < 1.29 is 33.7 Å². The van der Waals surface area contributed by atoms with Gasteiger partial charge in [0.15, 0.2) is 0 Å². The predicted molar refractivity (Wildman–Crippen MR) is 230 cm³/mol. The molecular weight excluding hydrogens is 741 g/mol. The lowest BCUT2D eigenvalue weighted by Crippen LogP contribution is -2.53. The summed E-state index contributed by atoms with van der Waals surface area (Å²) in [5.41, 5.74) is 5.35. The molecule has 300 valence electrons. The number of amides is 2. The molecule has 0 spiro atoms. The molecule has 9 heteroatoms.